The first kappa shape index (κ1) is 15.7. The largest absolute Gasteiger partial charge is 0.389 e. The Kier molecular flexibility index (Phi) is 4.24. The van der Waals surface area contributed by atoms with E-state index in [1.807, 2.05) is 11.8 Å². The Morgan fingerprint density at radius 1 is 1.39 bits per heavy atom. The Bertz CT molecular complexity index is 641. The Morgan fingerprint density at radius 3 is 3.04 bits per heavy atom. The van der Waals surface area contributed by atoms with Gasteiger partial charge in [-0.25, -0.2) is 4.68 Å². The summed E-state index contributed by atoms with van der Waals surface area (Å²) in [5.41, 5.74) is 1.77. The molecule has 1 saturated carbocycles. The van der Waals surface area contributed by atoms with E-state index >= 15 is 0 Å². The average Bonchev–Trinajstić information content (AvgIpc) is 2.93. The SMILES string of the molecule is O=c1cc2c(nn1CC1CCCN1CC1(O)CCC1)CCSC2. The van der Waals surface area contributed by atoms with Gasteiger partial charge in [-0.1, -0.05) is 0 Å². The van der Waals surface area contributed by atoms with Gasteiger partial charge < -0.3 is 5.11 Å². The van der Waals surface area contributed by atoms with Crippen LogP contribution in [0, 0.1) is 0 Å². The van der Waals surface area contributed by atoms with Gasteiger partial charge in [0.2, 0.25) is 0 Å². The number of β-amino-alcohol motifs (C(OH)–C–C–N with tert-alkyl or cyclic N) is 1. The third-order valence-corrected chi connectivity index (χ3v) is 6.58. The summed E-state index contributed by atoms with van der Waals surface area (Å²) in [4.78, 5) is 14.7. The molecule has 3 aliphatic rings. The van der Waals surface area contributed by atoms with Gasteiger partial charge in [0.1, 0.15) is 0 Å². The van der Waals surface area contributed by atoms with Gasteiger partial charge in [-0.15, -0.1) is 0 Å². The van der Waals surface area contributed by atoms with Crippen LogP contribution in [0.15, 0.2) is 10.9 Å². The van der Waals surface area contributed by atoms with Crippen LogP contribution in [-0.2, 0) is 18.7 Å². The molecule has 0 spiro atoms. The number of aliphatic hydroxyl groups is 1. The Hall–Kier alpha value is -0.850. The van der Waals surface area contributed by atoms with E-state index in [4.69, 9.17) is 0 Å². The number of likely N-dealkylation sites (tertiary alicyclic amines) is 1. The molecular formula is C17H25N3O2S. The van der Waals surface area contributed by atoms with Crippen molar-refractivity contribution in [2.24, 2.45) is 0 Å². The zero-order valence-electron chi connectivity index (χ0n) is 13.5. The maximum Gasteiger partial charge on any atom is 0.267 e. The number of rotatable bonds is 4. The zero-order valence-corrected chi connectivity index (χ0v) is 14.4. The number of hydrogen-bond donors (Lipinski definition) is 1. The smallest absolute Gasteiger partial charge is 0.267 e. The van der Waals surface area contributed by atoms with E-state index < -0.39 is 5.60 Å². The van der Waals surface area contributed by atoms with Crippen LogP contribution in [0.3, 0.4) is 0 Å². The molecule has 1 aromatic heterocycles. The molecule has 1 aromatic rings. The molecule has 4 rings (SSSR count). The molecule has 23 heavy (non-hydrogen) atoms. The minimum Gasteiger partial charge on any atom is -0.389 e. The van der Waals surface area contributed by atoms with E-state index in [-0.39, 0.29) is 5.56 Å². The average molecular weight is 335 g/mol. The van der Waals surface area contributed by atoms with Gasteiger partial charge in [0.15, 0.2) is 0 Å². The van der Waals surface area contributed by atoms with Crippen molar-refractivity contribution in [2.45, 2.75) is 62.5 Å². The summed E-state index contributed by atoms with van der Waals surface area (Å²) in [6.45, 7) is 2.45. The topological polar surface area (TPSA) is 58.4 Å². The van der Waals surface area contributed by atoms with Crippen molar-refractivity contribution < 1.29 is 5.11 Å². The van der Waals surface area contributed by atoms with Crippen molar-refractivity contribution in [3.05, 3.63) is 27.7 Å². The highest BCUT2D eigenvalue weighted by atomic mass is 32.2. The van der Waals surface area contributed by atoms with Crippen LogP contribution in [0.25, 0.3) is 0 Å². The fourth-order valence-corrected chi connectivity index (χ4v) is 4.97. The second kappa shape index (κ2) is 6.22. The van der Waals surface area contributed by atoms with Gasteiger partial charge in [-0.3, -0.25) is 9.69 Å². The van der Waals surface area contributed by atoms with Crippen molar-refractivity contribution in [1.29, 1.82) is 0 Å². The Balaban J connectivity index is 1.49. The van der Waals surface area contributed by atoms with Crippen LogP contribution >= 0.6 is 11.8 Å². The van der Waals surface area contributed by atoms with Gasteiger partial charge in [0.25, 0.3) is 5.56 Å². The summed E-state index contributed by atoms with van der Waals surface area (Å²) >= 11 is 1.88. The van der Waals surface area contributed by atoms with Crippen LogP contribution in [0.5, 0.6) is 0 Å². The quantitative estimate of drug-likeness (QED) is 0.902. The molecule has 5 nitrogen and oxygen atoms in total. The molecule has 2 aliphatic heterocycles. The van der Waals surface area contributed by atoms with E-state index in [2.05, 4.69) is 10.00 Å². The first-order chi connectivity index (χ1) is 11.1. The molecular weight excluding hydrogens is 310 g/mol. The molecule has 1 atom stereocenters. The Labute approximate surface area is 141 Å². The number of hydrogen-bond acceptors (Lipinski definition) is 5. The lowest BCUT2D eigenvalue weighted by Crippen LogP contribution is -2.50. The molecule has 1 N–H and O–H groups in total. The van der Waals surface area contributed by atoms with E-state index in [1.165, 1.54) is 0 Å². The zero-order chi connectivity index (χ0) is 15.9. The summed E-state index contributed by atoms with van der Waals surface area (Å²) < 4.78 is 1.67. The molecule has 1 unspecified atom stereocenters. The lowest BCUT2D eigenvalue weighted by Gasteiger charge is -2.41. The maximum atomic E-state index is 12.4. The molecule has 3 heterocycles. The number of nitrogens with zero attached hydrogens (tertiary/aromatic N) is 3. The molecule has 2 fully saturated rings. The predicted octanol–water partition coefficient (Wildman–Crippen LogP) is 1.41. The monoisotopic (exact) mass is 335 g/mol. The van der Waals surface area contributed by atoms with Crippen LogP contribution in [-0.4, -0.2) is 50.3 Å². The lowest BCUT2D eigenvalue weighted by atomic mass is 9.80. The maximum absolute atomic E-state index is 12.4. The first-order valence-electron chi connectivity index (χ1n) is 8.77. The number of fused-ring (bicyclic) bond motifs is 1. The van der Waals surface area contributed by atoms with E-state index in [9.17, 15) is 9.90 Å². The minimum absolute atomic E-state index is 0.0282. The molecule has 0 amide bonds. The van der Waals surface area contributed by atoms with E-state index in [0.29, 0.717) is 12.6 Å². The highest BCUT2D eigenvalue weighted by Gasteiger charge is 2.39. The fraction of sp³-hybridized carbons (Fsp3) is 0.765. The highest BCUT2D eigenvalue weighted by Crippen LogP contribution is 2.34. The molecule has 0 aromatic carbocycles. The van der Waals surface area contributed by atoms with Gasteiger partial charge in [0, 0.05) is 30.8 Å². The molecule has 6 heteroatoms. The van der Waals surface area contributed by atoms with E-state index in [1.54, 1.807) is 10.7 Å². The van der Waals surface area contributed by atoms with Crippen LogP contribution in [0.4, 0.5) is 0 Å². The minimum atomic E-state index is -0.478. The standard InChI is InChI=1S/C17H25N3O2S/c21-16-9-13-11-23-8-4-15(13)18-20(16)10-14-3-1-7-19(14)12-17(22)5-2-6-17/h9,14,22H,1-8,10-12H2. The summed E-state index contributed by atoms with van der Waals surface area (Å²) in [7, 11) is 0. The van der Waals surface area contributed by atoms with Gasteiger partial charge >= 0.3 is 0 Å². The fourth-order valence-electron chi connectivity index (χ4n) is 4.01. The van der Waals surface area contributed by atoms with Gasteiger partial charge in [0.05, 0.1) is 17.8 Å². The van der Waals surface area contributed by atoms with E-state index in [0.717, 1.165) is 74.4 Å². The van der Waals surface area contributed by atoms with Gasteiger partial charge in [-0.2, -0.15) is 16.9 Å². The third kappa shape index (κ3) is 3.21. The van der Waals surface area contributed by atoms with Crippen LogP contribution in [0.1, 0.15) is 43.4 Å². The predicted molar refractivity (Wildman–Crippen MR) is 91.8 cm³/mol. The summed E-state index contributed by atoms with van der Waals surface area (Å²) in [5, 5.41) is 15.1. The van der Waals surface area contributed by atoms with Crippen LogP contribution in [0.2, 0.25) is 0 Å². The molecule has 1 aliphatic carbocycles. The molecule has 126 valence electrons. The summed E-state index contributed by atoms with van der Waals surface area (Å²) in [6.07, 6.45) is 6.19. The van der Waals surface area contributed by atoms with Crippen molar-refractivity contribution >= 4 is 11.8 Å². The summed E-state index contributed by atoms with van der Waals surface area (Å²) in [6, 6.07) is 2.12. The van der Waals surface area contributed by atoms with Crippen LogP contribution < -0.4 is 5.56 Å². The molecule has 0 radical (unpaired) electrons. The van der Waals surface area contributed by atoms with Crippen molar-refractivity contribution in [2.75, 3.05) is 18.8 Å². The first-order valence-corrected chi connectivity index (χ1v) is 9.93. The summed E-state index contributed by atoms with van der Waals surface area (Å²) in [5.74, 6) is 2.02. The lowest BCUT2D eigenvalue weighted by molar-refractivity contribution is -0.0622. The second-order valence-corrected chi connectivity index (χ2v) is 8.39. The number of aryl methyl sites for hydroxylation is 1. The number of thioether (sulfide) groups is 1. The highest BCUT2D eigenvalue weighted by molar-refractivity contribution is 7.98. The van der Waals surface area contributed by atoms with Crippen molar-refractivity contribution in [1.82, 2.24) is 14.7 Å². The van der Waals surface area contributed by atoms with Gasteiger partial charge in [-0.05, 0) is 50.0 Å². The Morgan fingerprint density at radius 2 is 2.26 bits per heavy atom. The van der Waals surface area contributed by atoms with Crippen molar-refractivity contribution in [3.8, 4) is 0 Å². The normalized spacial score (nSPS) is 26.7. The third-order valence-electron chi connectivity index (χ3n) is 5.57. The number of aromatic nitrogens is 2. The molecule has 0 bridgehead atoms. The second-order valence-electron chi connectivity index (χ2n) is 7.28. The molecule has 1 saturated heterocycles. The van der Waals surface area contributed by atoms with Crippen molar-refractivity contribution in [3.63, 3.8) is 0 Å².